The predicted molar refractivity (Wildman–Crippen MR) is 106 cm³/mol. The van der Waals surface area contributed by atoms with E-state index in [0.29, 0.717) is 12.4 Å². The monoisotopic (exact) mass is 391 g/mol. The molecule has 4 aromatic heterocycles. The maximum atomic E-state index is 9.19. The van der Waals surface area contributed by atoms with Crippen LogP contribution in [0.1, 0.15) is 6.42 Å². The Balaban J connectivity index is 1.55. The minimum atomic E-state index is -0.272. The van der Waals surface area contributed by atoms with Crippen molar-refractivity contribution in [3.63, 3.8) is 0 Å². The Kier molecular flexibility index (Phi) is 3.85. The lowest BCUT2D eigenvalue weighted by atomic mass is 9.89. The fraction of sp³-hybridized carbons (Fsp3) is 0.278. The highest BCUT2D eigenvalue weighted by atomic mass is 32.1. The number of nitrogens with one attached hydrogen (secondary N) is 2. The van der Waals surface area contributed by atoms with E-state index in [0.717, 1.165) is 40.3 Å². The zero-order chi connectivity index (χ0) is 19.1. The molecule has 5 rings (SSSR count). The summed E-state index contributed by atoms with van der Waals surface area (Å²) in [6, 6.07) is 4.26. The van der Waals surface area contributed by atoms with E-state index in [1.807, 2.05) is 41.8 Å². The van der Waals surface area contributed by atoms with Gasteiger partial charge in [0.1, 0.15) is 5.54 Å². The van der Waals surface area contributed by atoms with Crippen LogP contribution in [0.5, 0.6) is 0 Å². The number of thiophene rings is 1. The van der Waals surface area contributed by atoms with Crippen LogP contribution in [0.4, 0.5) is 11.6 Å². The zero-order valence-corrected chi connectivity index (χ0v) is 15.9. The van der Waals surface area contributed by atoms with Crippen molar-refractivity contribution in [2.75, 3.05) is 18.4 Å². The highest BCUT2D eigenvalue weighted by molar-refractivity contribution is 7.17. The molecule has 0 atom stereocenters. The molecule has 1 fully saturated rings. The van der Waals surface area contributed by atoms with Crippen LogP contribution in [-0.2, 0) is 12.6 Å². The topological polar surface area (TPSA) is 109 Å². The van der Waals surface area contributed by atoms with Crippen molar-refractivity contribution in [1.29, 1.82) is 5.26 Å². The predicted octanol–water partition coefficient (Wildman–Crippen LogP) is 2.24. The average molecular weight is 391 g/mol. The smallest absolute Gasteiger partial charge is 0.228 e. The molecule has 28 heavy (non-hydrogen) atoms. The number of hydrogen-bond acceptors (Lipinski definition) is 8. The second kappa shape index (κ2) is 6.40. The summed E-state index contributed by atoms with van der Waals surface area (Å²) in [6.07, 6.45) is 7.82. The van der Waals surface area contributed by atoms with Crippen LogP contribution in [-0.4, -0.2) is 42.6 Å². The van der Waals surface area contributed by atoms with E-state index in [1.54, 1.807) is 22.2 Å². The molecular formula is C18H17N9S. The summed E-state index contributed by atoms with van der Waals surface area (Å²) >= 11 is 1.60. The average Bonchev–Trinajstić information content (AvgIpc) is 3.38. The fourth-order valence-corrected chi connectivity index (χ4v) is 4.21. The molecule has 0 saturated carbocycles. The lowest BCUT2D eigenvalue weighted by molar-refractivity contribution is 0.160. The molecular weight excluding hydrogens is 374 g/mol. The van der Waals surface area contributed by atoms with E-state index >= 15 is 0 Å². The first-order chi connectivity index (χ1) is 13.7. The SMILES string of the molecule is Cn1cc(Nc2nc(-c3cnn(C4(CC#N)CNC4)c3)c3sccc3n2)cn1. The molecule has 10 heteroatoms. The molecule has 0 aromatic carbocycles. The van der Waals surface area contributed by atoms with Crippen molar-refractivity contribution in [2.24, 2.45) is 7.05 Å². The minimum Gasteiger partial charge on any atom is -0.321 e. The number of aromatic nitrogens is 6. The third kappa shape index (κ3) is 2.72. The van der Waals surface area contributed by atoms with Crippen LogP contribution in [0.25, 0.3) is 21.5 Å². The van der Waals surface area contributed by atoms with Crippen molar-refractivity contribution < 1.29 is 0 Å². The standard InChI is InChI=1S/C18H17N9S/c1-26-9-13(7-21-26)23-17-24-14-2-5-28-16(14)15(25-17)12-6-22-27(8-12)18(3-4-19)10-20-11-18/h2,5-9,20H,3,10-11H2,1H3,(H,23,24,25). The van der Waals surface area contributed by atoms with Gasteiger partial charge in [0.25, 0.3) is 0 Å². The van der Waals surface area contributed by atoms with Gasteiger partial charge in [0.15, 0.2) is 0 Å². The normalized spacial score (nSPS) is 15.3. The van der Waals surface area contributed by atoms with Gasteiger partial charge in [-0.15, -0.1) is 11.3 Å². The largest absolute Gasteiger partial charge is 0.321 e. The van der Waals surface area contributed by atoms with Gasteiger partial charge in [-0.1, -0.05) is 0 Å². The van der Waals surface area contributed by atoms with Gasteiger partial charge in [0.05, 0.1) is 46.5 Å². The fourth-order valence-electron chi connectivity index (χ4n) is 3.36. The van der Waals surface area contributed by atoms with Crippen molar-refractivity contribution >= 4 is 33.2 Å². The van der Waals surface area contributed by atoms with E-state index in [9.17, 15) is 5.26 Å². The van der Waals surface area contributed by atoms with Gasteiger partial charge in [-0.05, 0) is 11.4 Å². The molecule has 1 saturated heterocycles. The zero-order valence-electron chi connectivity index (χ0n) is 15.1. The molecule has 0 unspecified atom stereocenters. The molecule has 1 aliphatic heterocycles. The third-order valence-electron chi connectivity index (χ3n) is 4.92. The number of hydrogen-bond donors (Lipinski definition) is 2. The van der Waals surface area contributed by atoms with Gasteiger partial charge in [-0.2, -0.15) is 15.5 Å². The molecule has 0 radical (unpaired) electrons. The van der Waals surface area contributed by atoms with Crippen molar-refractivity contribution in [3.8, 4) is 17.3 Å². The maximum Gasteiger partial charge on any atom is 0.228 e. The minimum absolute atomic E-state index is 0.272. The summed E-state index contributed by atoms with van der Waals surface area (Å²) < 4.78 is 4.63. The molecule has 140 valence electrons. The van der Waals surface area contributed by atoms with Gasteiger partial charge < -0.3 is 10.6 Å². The third-order valence-corrected chi connectivity index (χ3v) is 5.83. The summed E-state index contributed by atoms with van der Waals surface area (Å²) in [4.78, 5) is 9.36. The van der Waals surface area contributed by atoms with E-state index in [1.165, 1.54) is 0 Å². The van der Waals surface area contributed by atoms with Crippen LogP contribution >= 0.6 is 11.3 Å². The first-order valence-electron chi connectivity index (χ1n) is 8.81. The van der Waals surface area contributed by atoms with Crippen LogP contribution in [0.15, 0.2) is 36.2 Å². The molecule has 0 amide bonds. The molecule has 0 aliphatic carbocycles. The second-order valence-electron chi connectivity index (χ2n) is 6.89. The number of rotatable bonds is 5. The van der Waals surface area contributed by atoms with Crippen molar-refractivity contribution in [2.45, 2.75) is 12.0 Å². The molecule has 1 aliphatic rings. The molecule has 0 spiro atoms. The van der Waals surface area contributed by atoms with E-state index in [-0.39, 0.29) is 5.54 Å². The first kappa shape index (κ1) is 16.9. The number of nitriles is 1. The van der Waals surface area contributed by atoms with Crippen LogP contribution in [0.3, 0.4) is 0 Å². The Bertz CT molecular complexity index is 1190. The van der Waals surface area contributed by atoms with E-state index in [2.05, 4.69) is 31.9 Å². The lowest BCUT2D eigenvalue weighted by Gasteiger charge is -2.41. The first-order valence-corrected chi connectivity index (χ1v) is 9.69. The quantitative estimate of drug-likeness (QED) is 0.537. The van der Waals surface area contributed by atoms with Crippen LogP contribution in [0, 0.1) is 11.3 Å². The summed E-state index contributed by atoms with van der Waals surface area (Å²) in [6.45, 7) is 1.49. The maximum absolute atomic E-state index is 9.19. The number of anilines is 2. The summed E-state index contributed by atoms with van der Waals surface area (Å²) in [5, 5.41) is 26.4. The van der Waals surface area contributed by atoms with Gasteiger partial charge in [-0.25, -0.2) is 9.97 Å². The Hall–Kier alpha value is -3.29. The van der Waals surface area contributed by atoms with Gasteiger partial charge >= 0.3 is 0 Å². The molecule has 2 N–H and O–H groups in total. The van der Waals surface area contributed by atoms with Crippen molar-refractivity contribution in [1.82, 2.24) is 34.8 Å². The highest BCUT2D eigenvalue weighted by Gasteiger charge is 2.39. The summed E-state index contributed by atoms with van der Waals surface area (Å²) in [5.41, 5.74) is 3.18. The molecule has 4 aromatic rings. The number of fused-ring (bicyclic) bond motifs is 1. The number of aryl methyl sites for hydroxylation is 1. The van der Waals surface area contributed by atoms with E-state index < -0.39 is 0 Å². The Morgan fingerprint density at radius 2 is 2.18 bits per heavy atom. The van der Waals surface area contributed by atoms with E-state index in [4.69, 9.17) is 4.98 Å². The Morgan fingerprint density at radius 1 is 1.29 bits per heavy atom. The van der Waals surface area contributed by atoms with Crippen molar-refractivity contribution in [3.05, 3.63) is 36.2 Å². The lowest BCUT2D eigenvalue weighted by Crippen LogP contribution is -2.60. The Morgan fingerprint density at radius 3 is 2.89 bits per heavy atom. The van der Waals surface area contributed by atoms with Crippen LogP contribution < -0.4 is 10.6 Å². The van der Waals surface area contributed by atoms with Gasteiger partial charge in [0, 0.05) is 38.1 Å². The van der Waals surface area contributed by atoms with Gasteiger partial charge in [-0.3, -0.25) is 9.36 Å². The summed E-state index contributed by atoms with van der Waals surface area (Å²) in [5.74, 6) is 0.513. The second-order valence-corrected chi connectivity index (χ2v) is 7.81. The summed E-state index contributed by atoms with van der Waals surface area (Å²) in [7, 11) is 1.86. The van der Waals surface area contributed by atoms with Gasteiger partial charge in [0.2, 0.25) is 5.95 Å². The molecule has 9 nitrogen and oxygen atoms in total. The Labute approximate surface area is 164 Å². The number of nitrogens with zero attached hydrogens (tertiary/aromatic N) is 7. The highest BCUT2D eigenvalue weighted by Crippen LogP contribution is 2.33. The van der Waals surface area contributed by atoms with Crippen LogP contribution in [0.2, 0.25) is 0 Å². The molecule has 5 heterocycles. The molecule has 0 bridgehead atoms.